The highest BCUT2D eigenvalue weighted by atomic mass is 16.5. The van der Waals surface area contributed by atoms with Crippen LogP contribution in [-0.4, -0.2) is 18.4 Å². The first kappa shape index (κ1) is 20.2. The van der Waals surface area contributed by atoms with Crippen molar-refractivity contribution in [3.63, 3.8) is 0 Å². The number of benzene rings is 2. The van der Waals surface area contributed by atoms with Crippen molar-refractivity contribution in [2.24, 2.45) is 5.92 Å². The summed E-state index contributed by atoms with van der Waals surface area (Å²) in [6.07, 6.45) is 2.43. The molecule has 0 unspecified atom stereocenters. The minimum Gasteiger partial charge on any atom is -0.494 e. The predicted molar refractivity (Wildman–Crippen MR) is 112 cm³/mol. The van der Waals surface area contributed by atoms with Crippen molar-refractivity contribution in [2.75, 3.05) is 17.2 Å². The van der Waals surface area contributed by atoms with Gasteiger partial charge in [-0.25, -0.2) is 0 Å². The van der Waals surface area contributed by atoms with E-state index in [0.29, 0.717) is 29.5 Å². The normalized spacial score (nSPS) is 10.6. The zero-order valence-electron chi connectivity index (χ0n) is 16.5. The maximum atomic E-state index is 12.4. The molecule has 3 rings (SSSR count). The molecule has 0 bridgehead atoms. The van der Waals surface area contributed by atoms with Gasteiger partial charge in [0.1, 0.15) is 5.75 Å². The van der Waals surface area contributed by atoms with Crippen molar-refractivity contribution in [3.05, 3.63) is 78.3 Å². The van der Waals surface area contributed by atoms with Crippen molar-refractivity contribution >= 4 is 23.2 Å². The first-order chi connectivity index (χ1) is 14.0. The van der Waals surface area contributed by atoms with Gasteiger partial charge in [0, 0.05) is 16.9 Å². The van der Waals surface area contributed by atoms with Crippen LogP contribution in [-0.2, 0) is 0 Å². The standard InChI is InChI=1S/C23H24N2O4/c1-16(2)13-15-28-20-11-5-17(6-12-20)22(26)24-18-7-9-19(10-8-18)25-23(27)21-4-3-14-29-21/h3-12,14,16H,13,15H2,1-2H3,(H,24,26)(H,25,27). The van der Waals surface area contributed by atoms with Gasteiger partial charge in [-0.1, -0.05) is 13.8 Å². The highest BCUT2D eigenvalue weighted by Crippen LogP contribution is 2.17. The van der Waals surface area contributed by atoms with Crippen molar-refractivity contribution in [1.82, 2.24) is 0 Å². The second-order valence-electron chi connectivity index (χ2n) is 7.02. The Morgan fingerprint density at radius 1 is 0.897 bits per heavy atom. The van der Waals surface area contributed by atoms with Crippen LogP contribution in [0.15, 0.2) is 71.3 Å². The quantitative estimate of drug-likeness (QED) is 0.551. The van der Waals surface area contributed by atoms with Crippen LogP contribution in [0.2, 0.25) is 0 Å². The number of ether oxygens (including phenoxy) is 1. The van der Waals surface area contributed by atoms with E-state index in [1.165, 1.54) is 6.26 Å². The molecule has 0 saturated carbocycles. The van der Waals surface area contributed by atoms with Crippen LogP contribution in [0.3, 0.4) is 0 Å². The first-order valence-electron chi connectivity index (χ1n) is 9.50. The third kappa shape index (κ3) is 5.97. The molecule has 2 aromatic carbocycles. The Hall–Kier alpha value is -3.54. The number of hydrogen-bond acceptors (Lipinski definition) is 4. The Kier molecular flexibility index (Phi) is 6.68. The number of rotatable bonds is 8. The highest BCUT2D eigenvalue weighted by molar-refractivity contribution is 6.05. The molecule has 0 aliphatic carbocycles. The molecule has 1 heterocycles. The maximum absolute atomic E-state index is 12.4. The van der Waals surface area contributed by atoms with Gasteiger partial charge in [0.2, 0.25) is 0 Å². The van der Waals surface area contributed by atoms with E-state index in [4.69, 9.17) is 9.15 Å². The van der Waals surface area contributed by atoms with Crippen LogP contribution in [0.25, 0.3) is 0 Å². The molecule has 6 heteroatoms. The summed E-state index contributed by atoms with van der Waals surface area (Å²) in [4.78, 5) is 24.4. The summed E-state index contributed by atoms with van der Waals surface area (Å²) in [5.41, 5.74) is 1.77. The fraction of sp³-hybridized carbons (Fsp3) is 0.217. The Morgan fingerprint density at radius 2 is 1.52 bits per heavy atom. The van der Waals surface area contributed by atoms with Crippen LogP contribution >= 0.6 is 0 Å². The number of hydrogen-bond donors (Lipinski definition) is 2. The van der Waals surface area contributed by atoms with Crippen LogP contribution < -0.4 is 15.4 Å². The monoisotopic (exact) mass is 392 g/mol. The van der Waals surface area contributed by atoms with E-state index < -0.39 is 0 Å². The van der Waals surface area contributed by atoms with Crippen LogP contribution in [0.1, 0.15) is 41.2 Å². The number of anilines is 2. The topological polar surface area (TPSA) is 80.6 Å². The molecule has 150 valence electrons. The van der Waals surface area contributed by atoms with E-state index in [1.54, 1.807) is 60.7 Å². The van der Waals surface area contributed by atoms with Gasteiger partial charge in [0.25, 0.3) is 11.8 Å². The summed E-state index contributed by atoms with van der Waals surface area (Å²) < 4.78 is 10.7. The SMILES string of the molecule is CC(C)CCOc1ccc(C(=O)Nc2ccc(NC(=O)c3ccco3)cc2)cc1. The lowest BCUT2D eigenvalue weighted by Crippen LogP contribution is -2.13. The van der Waals surface area contributed by atoms with Crippen LogP contribution in [0.4, 0.5) is 11.4 Å². The summed E-state index contributed by atoms with van der Waals surface area (Å²) in [5.74, 6) is 1.02. The molecule has 0 spiro atoms. The molecule has 0 radical (unpaired) electrons. The lowest BCUT2D eigenvalue weighted by Gasteiger charge is -2.10. The van der Waals surface area contributed by atoms with Gasteiger partial charge < -0.3 is 19.8 Å². The fourth-order valence-corrected chi connectivity index (χ4v) is 2.56. The smallest absolute Gasteiger partial charge is 0.291 e. The van der Waals surface area contributed by atoms with Gasteiger partial charge in [-0.3, -0.25) is 9.59 Å². The molecular weight excluding hydrogens is 368 g/mol. The van der Waals surface area contributed by atoms with Gasteiger partial charge in [0.15, 0.2) is 5.76 Å². The van der Waals surface area contributed by atoms with Crippen molar-refractivity contribution in [1.29, 1.82) is 0 Å². The first-order valence-corrected chi connectivity index (χ1v) is 9.50. The molecule has 0 fully saturated rings. The molecular formula is C23H24N2O4. The average molecular weight is 392 g/mol. The molecule has 6 nitrogen and oxygen atoms in total. The lowest BCUT2D eigenvalue weighted by atomic mass is 10.1. The molecule has 2 amide bonds. The molecule has 2 N–H and O–H groups in total. The van der Waals surface area contributed by atoms with Gasteiger partial charge in [0.05, 0.1) is 12.9 Å². The van der Waals surface area contributed by atoms with E-state index in [-0.39, 0.29) is 17.6 Å². The molecule has 0 atom stereocenters. The minimum absolute atomic E-state index is 0.217. The molecule has 3 aromatic rings. The molecule has 1 aromatic heterocycles. The zero-order valence-corrected chi connectivity index (χ0v) is 16.5. The summed E-state index contributed by atoms with van der Waals surface area (Å²) in [6.45, 7) is 4.96. The maximum Gasteiger partial charge on any atom is 0.291 e. The summed E-state index contributed by atoms with van der Waals surface area (Å²) in [7, 11) is 0. The number of amides is 2. The highest BCUT2D eigenvalue weighted by Gasteiger charge is 2.10. The Morgan fingerprint density at radius 3 is 2.07 bits per heavy atom. The number of nitrogens with one attached hydrogen (secondary N) is 2. The molecule has 0 aliphatic heterocycles. The average Bonchev–Trinajstić information content (AvgIpc) is 3.25. The Bertz CT molecular complexity index is 930. The predicted octanol–water partition coefficient (Wildman–Crippen LogP) is 5.21. The largest absolute Gasteiger partial charge is 0.494 e. The van der Waals surface area contributed by atoms with Gasteiger partial charge in [-0.05, 0) is 73.0 Å². The number of furan rings is 1. The van der Waals surface area contributed by atoms with E-state index in [2.05, 4.69) is 24.5 Å². The fourth-order valence-electron chi connectivity index (χ4n) is 2.56. The van der Waals surface area contributed by atoms with Crippen LogP contribution in [0.5, 0.6) is 5.75 Å². The van der Waals surface area contributed by atoms with Crippen LogP contribution in [0, 0.1) is 5.92 Å². The van der Waals surface area contributed by atoms with Crippen molar-refractivity contribution in [3.8, 4) is 5.75 Å². The summed E-state index contributed by atoms with van der Waals surface area (Å²) >= 11 is 0. The Balaban J connectivity index is 1.53. The third-order valence-electron chi connectivity index (χ3n) is 4.23. The number of carbonyl (C=O) groups excluding carboxylic acids is 2. The minimum atomic E-state index is -0.331. The summed E-state index contributed by atoms with van der Waals surface area (Å²) in [6, 6.07) is 17.2. The van der Waals surface area contributed by atoms with Crippen molar-refractivity contribution in [2.45, 2.75) is 20.3 Å². The van der Waals surface area contributed by atoms with Gasteiger partial charge in [-0.2, -0.15) is 0 Å². The molecule has 29 heavy (non-hydrogen) atoms. The second kappa shape index (κ2) is 9.59. The second-order valence-corrected chi connectivity index (χ2v) is 7.02. The van der Waals surface area contributed by atoms with E-state index >= 15 is 0 Å². The Labute approximate surface area is 169 Å². The summed E-state index contributed by atoms with van der Waals surface area (Å²) in [5, 5.41) is 5.56. The van der Waals surface area contributed by atoms with E-state index in [1.807, 2.05) is 0 Å². The molecule has 0 aliphatic rings. The lowest BCUT2D eigenvalue weighted by molar-refractivity contribution is 0.0994. The van der Waals surface area contributed by atoms with Gasteiger partial charge >= 0.3 is 0 Å². The molecule has 0 saturated heterocycles. The third-order valence-corrected chi connectivity index (χ3v) is 4.23. The van der Waals surface area contributed by atoms with Gasteiger partial charge in [-0.15, -0.1) is 0 Å². The zero-order chi connectivity index (χ0) is 20.6. The number of carbonyl (C=O) groups is 2. The van der Waals surface area contributed by atoms with E-state index in [9.17, 15) is 9.59 Å². The van der Waals surface area contributed by atoms with E-state index in [0.717, 1.165) is 12.2 Å². The van der Waals surface area contributed by atoms with Crippen molar-refractivity contribution < 1.29 is 18.7 Å².